The van der Waals surface area contributed by atoms with Crippen molar-refractivity contribution in [2.24, 2.45) is 0 Å². The third-order valence-corrected chi connectivity index (χ3v) is 5.97. The molecule has 1 heterocycles. The SMILES string of the molecule is COc1ccccc1N1CCN(C(=O)C[NH+](Cc2ccccc2F)C2CC2)CC1. The van der Waals surface area contributed by atoms with Crippen LogP contribution in [0, 0.1) is 5.82 Å². The van der Waals surface area contributed by atoms with Crippen LogP contribution in [0.2, 0.25) is 0 Å². The number of piperazine rings is 1. The number of halogens is 1. The molecule has 1 saturated heterocycles. The first-order valence-electron chi connectivity index (χ1n) is 10.4. The predicted octanol–water partition coefficient (Wildman–Crippen LogP) is 1.73. The summed E-state index contributed by atoms with van der Waals surface area (Å²) in [6.45, 7) is 4.00. The average Bonchev–Trinajstić information content (AvgIpc) is 3.60. The maximum absolute atomic E-state index is 14.1. The van der Waals surface area contributed by atoms with Crippen LogP contribution in [0.25, 0.3) is 0 Å². The van der Waals surface area contributed by atoms with E-state index in [4.69, 9.17) is 4.74 Å². The lowest BCUT2D eigenvalue weighted by Crippen LogP contribution is -3.13. The first-order chi connectivity index (χ1) is 14.2. The molecule has 1 N–H and O–H groups in total. The monoisotopic (exact) mass is 398 g/mol. The van der Waals surface area contributed by atoms with E-state index in [1.165, 1.54) is 11.0 Å². The van der Waals surface area contributed by atoms with Gasteiger partial charge in [-0.05, 0) is 18.2 Å². The summed E-state index contributed by atoms with van der Waals surface area (Å²) >= 11 is 0. The van der Waals surface area contributed by atoms with Crippen molar-refractivity contribution < 1.29 is 18.8 Å². The van der Waals surface area contributed by atoms with E-state index in [-0.39, 0.29) is 11.7 Å². The average molecular weight is 399 g/mol. The fraction of sp³-hybridized carbons (Fsp3) is 0.435. The molecular formula is C23H29FN3O2+. The Bertz CT molecular complexity index is 848. The molecule has 2 aliphatic rings. The first-order valence-corrected chi connectivity index (χ1v) is 10.4. The van der Waals surface area contributed by atoms with Crippen molar-refractivity contribution in [1.29, 1.82) is 0 Å². The lowest BCUT2D eigenvalue weighted by Gasteiger charge is -2.37. The van der Waals surface area contributed by atoms with Gasteiger partial charge in [-0.15, -0.1) is 0 Å². The third-order valence-electron chi connectivity index (χ3n) is 5.97. The predicted molar refractivity (Wildman–Crippen MR) is 111 cm³/mol. The highest BCUT2D eigenvalue weighted by molar-refractivity contribution is 5.77. The van der Waals surface area contributed by atoms with E-state index < -0.39 is 0 Å². The summed E-state index contributed by atoms with van der Waals surface area (Å²) < 4.78 is 19.5. The van der Waals surface area contributed by atoms with E-state index >= 15 is 0 Å². The number of carbonyl (C=O) groups excluding carboxylic acids is 1. The van der Waals surface area contributed by atoms with Gasteiger partial charge in [0.15, 0.2) is 6.54 Å². The van der Waals surface area contributed by atoms with Crippen LogP contribution < -0.4 is 14.5 Å². The Labute approximate surface area is 171 Å². The second-order valence-electron chi connectivity index (χ2n) is 7.92. The van der Waals surface area contributed by atoms with Gasteiger partial charge in [0.2, 0.25) is 0 Å². The van der Waals surface area contributed by atoms with Gasteiger partial charge in [-0.25, -0.2) is 4.39 Å². The Morgan fingerprint density at radius 1 is 1.07 bits per heavy atom. The molecule has 0 spiro atoms. The number of hydrogen-bond donors (Lipinski definition) is 1. The van der Waals surface area contributed by atoms with Crippen LogP contribution in [0.15, 0.2) is 48.5 Å². The van der Waals surface area contributed by atoms with Crippen LogP contribution in [0.4, 0.5) is 10.1 Å². The number of ether oxygens (including phenoxy) is 1. The van der Waals surface area contributed by atoms with Gasteiger partial charge in [-0.3, -0.25) is 4.79 Å². The number of benzene rings is 2. The summed E-state index contributed by atoms with van der Waals surface area (Å²) in [5.41, 5.74) is 1.77. The van der Waals surface area contributed by atoms with Crippen molar-refractivity contribution in [3.8, 4) is 5.75 Å². The molecule has 0 aromatic heterocycles. The summed E-state index contributed by atoms with van der Waals surface area (Å²) in [4.78, 5) is 18.4. The zero-order valence-electron chi connectivity index (χ0n) is 16.9. The van der Waals surface area contributed by atoms with E-state index in [0.717, 1.165) is 37.4 Å². The largest absolute Gasteiger partial charge is 0.495 e. The molecule has 1 saturated carbocycles. The topological polar surface area (TPSA) is 37.2 Å². The summed E-state index contributed by atoms with van der Waals surface area (Å²) in [6, 6.07) is 15.4. The number of nitrogens with one attached hydrogen (secondary N) is 1. The zero-order chi connectivity index (χ0) is 20.2. The number of quaternary nitrogens is 1. The lowest BCUT2D eigenvalue weighted by molar-refractivity contribution is -0.917. The van der Waals surface area contributed by atoms with Gasteiger partial charge in [0.1, 0.15) is 18.1 Å². The molecule has 1 atom stereocenters. The molecule has 1 amide bonds. The highest BCUT2D eigenvalue weighted by Crippen LogP contribution is 2.28. The Balaban J connectivity index is 1.34. The summed E-state index contributed by atoms with van der Waals surface area (Å²) in [6.07, 6.45) is 2.25. The highest BCUT2D eigenvalue weighted by Gasteiger charge is 2.36. The van der Waals surface area contributed by atoms with E-state index in [1.54, 1.807) is 13.2 Å². The molecule has 1 unspecified atom stereocenters. The molecule has 6 heteroatoms. The van der Waals surface area contributed by atoms with Crippen LogP contribution >= 0.6 is 0 Å². The van der Waals surface area contributed by atoms with Crippen LogP contribution in [0.1, 0.15) is 18.4 Å². The first kappa shape index (κ1) is 19.7. The molecule has 29 heavy (non-hydrogen) atoms. The smallest absolute Gasteiger partial charge is 0.277 e. The maximum Gasteiger partial charge on any atom is 0.277 e. The number of hydrogen-bond acceptors (Lipinski definition) is 3. The van der Waals surface area contributed by atoms with Crippen molar-refractivity contribution >= 4 is 11.6 Å². The standard InChI is InChI=1S/C23H28FN3O2/c1-29-22-9-5-4-8-21(22)25-12-14-26(15-13-25)23(28)17-27(19-10-11-19)16-18-6-2-3-7-20(18)24/h2-9,19H,10-17H2,1H3/p+1. The zero-order valence-corrected chi connectivity index (χ0v) is 16.9. The molecule has 0 radical (unpaired) electrons. The van der Waals surface area contributed by atoms with Crippen molar-refractivity contribution in [2.75, 3.05) is 44.7 Å². The lowest BCUT2D eigenvalue weighted by atomic mass is 10.2. The molecule has 1 aliphatic heterocycles. The number of nitrogens with zero attached hydrogens (tertiary/aromatic N) is 2. The van der Waals surface area contributed by atoms with E-state index in [2.05, 4.69) is 11.0 Å². The highest BCUT2D eigenvalue weighted by atomic mass is 19.1. The van der Waals surface area contributed by atoms with Crippen LogP contribution in [0.3, 0.4) is 0 Å². The quantitative estimate of drug-likeness (QED) is 0.772. The Morgan fingerprint density at radius 2 is 1.76 bits per heavy atom. The van der Waals surface area contributed by atoms with Crippen LogP contribution in [0.5, 0.6) is 5.75 Å². The number of methoxy groups -OCH3 is 1. The second kappa shape index (κ2) is 8.82. The molecule has 5 nitrogen and oxygen atoms in total. The minimum absolute atomic E-state index is 0.169. The van der Waals surface area contributed by atoms with Crippen molar-refractivity contribution in [2.45, 2.75) is 25.4 Å². The van der Waals surface area contributed by atoms with Crippen molar-refractivity contribution in [3.05, 3.63) is 59.9 Å². The van der Waals surface area contributed by atoms with Gasteiger partial charge >= 0.3 is 0 Å². The van der Waals surface area contributed by atoms with E-state index in [9.17, 15) is 9.18 Å². The van der Waals surface area contributed by atoms with Crippen molar-refractivity contribution in [1.82, 2.24) is 4.90 Å². The molecule has 2 aromatic rings. The van der Waals surface area contributed by atoms with E-state index in [0.29, 0.717) is 37.8 Å². The molecule has 1 aliphatic carbocycles. The Morgan fingerprint density at radius 3 is 2.45 bits per heavy atom. The molecule has 2 fully saturated rings. The summed E-state index contributed by atoms with van der Waals surface area (Å²) in [5, 5.41) is 0. The molecular weight excluding hydrogens is 369 g/mol. The number of anilines is 1. The molecule has 0 bridgehead atoms. The van der Waals surface area contributed by atoms with Gasteiger partial charge < -0.3 is 19.4 Å². The number of para-hydroxylation sites is 2. The second-order valence-corrected chi connectivity index (χ2v) is 7.92. The summed E-state index contributed by atoms with van der Waals surface area (Å²) in [5.74, 6) is 0.855. The number of carbonyl (C=O) groups is 1. The van der Waals surface area contributed by atoms with Crippen LogP contribution in [-0.2, 0) is 11.3 Å². The van der Waals surface area contributed by atoms with Gasteiger partial charge in [0, 0.05) is 44.6 Å². The molecule has 154 valence electrons. The van der Waals surface area contributed by atoms with E-state index in [1.807, 2.05) is 35.2 Å². The fourth-order valence-corrected chi connectivity index (χ4v) is 4.12. The fourth-order valence-electron chi connectivity index (χ4n) is 4.12. The van der Waals surface area contributed by atoms with Crippen molar-refractivity contribution in [3.63, 3.8) is 0 Å². The maximum atomic E-state index is 14.1. The number of rotatable bonds is 7. The van der Waals surface area contributed by atoms with Gasteiger partial charge in [-0.2, -0.15) is 0 Å². The normalized spacial score (nSPS) is 17.9. The summed E-state index contributed by atoms with van der Waals surface area (Å²) in [7, 11) is 1.68. The van der Waals surface area contributed by atoms with Gasteiger partial charge in [0.05, 0.1) is 18.8 Å². The molecule has 2 aromatic carbocycles. The van der Waals surface area contributed by atoms with Crippen LogP contribution in [-0.4, -0.2) is 56.7 Å². The Kier molecular flexibility index (Phi) is 6.00. The minimum atomic E-state index is -0.177. The minimum Gasteiger partial charge on any atom is -0.495 e. The molecule has 4 rings (SSSR count). The third kappa shape index (κ3) is 4.70. The Hall–Kier alpha value is -2.60. The van der Waals surface area contributed by atoms with Gasteiger partial charge in [-0.1, -0.05) is 30.3 Å². The number of amides is 1. The van der Waals surface area contributed by atoms with Gasteiger partial charge in [0.25, 0.3) is 5.91 Å².